The predicted octanol–water partition coefficient (Wildman–Crippen LogP) is -0.199. The van der Waals surface area contributed by atoms with Gasteiger partial charge in [0, 0.05) is 46.2 Å². The van der Waals surface area contributed by atoms with Crippen LogP contribution >= 0.6 is 0 Å². The van der Waals surface area contributed by atoms with Gasteiger partial charge in [0.15, 0.2) is 0 Å². The second-order valence-electron chi connectivity index (χ2n) is 5.27. The minimum Gasteiger partial charge on any atom is -0.396 e. The van der Waals surface area contributed by atoms with Crippen molar-refractivity contribution in [2.45, 2.75) is 19.4 Å². The summed E-state index contributed by atoms with van der Waals surface area (Å²) in [5.41, 5.74) is 0. The highest BCUT2D eigenvalue weighted by molar-refractivity contribution is 7.86. The summed E-state index contributed by atoms with van der Waals surface area (Å²) in [5, 5.41) is 9.21. The Labute approximate surface area is 120 Å². The van der Waals surface area contributed by atoms with Gasteiger partial charge >= 0.3 is 0 Å². The average Bonchev–Trinajstić information content (AvgIpc) is 2.84. The van der Waals surface area contributed by atoms with Gasteiger partial charge in [-0.05, 0) is 18.8 Å². The number of hydrogen-bond donors (Lipinski definition) is 1. The zero-order valence-corrected chi connectivity index (χ0v) is 12.8. The fourth-order valence-electron chi connectivity index (χ4n) is 2.41. The number of piperidine rings is 1. The summed E-state index contributed by atoms with van der Waals surface area (Å²) in [6.45, 7) is 1.19. The molecule has 2 heterocycles. The van der Waals surface area contributed by atoms with Crippen molar-refractivity contribution in [1.82, 2.24) is 18.2 Å². The molecule has 1 atom stereocenters. The van der Waals surface area contributed by atoms with E-state index in [1.807, 2.05) is 7.05 Å². The molecular formula is C12H22N4O3S. The van der Waals surface area contributed by atoms with E-state index in [9.17, 15) is 13.5 Å². The van der Waals surface area contributed by atoms with Crippen LogP contribution in [0.3, 0.4) is 0 Å². The summed E-state index contributed by atoms with van der Waals surface area (Å²) >= 11 is 0. The van der Waals surface area contributed by atoms with Crippen LogP contribution < -0.4 is 0 Å². The third-order valence-corrected chi connectivity index (χ3v) is 5.65. The summed E-state index contributed by atoms with van der Waals surface area (Å²) < 4.78 is 29.6. The highest BCUT2D eigenvalue weighted by Gasteiger charge is 2.32. The molecule has 114 valence electrons. The number of rotatable bonds is 5. The molecule has 0 aliphatic carbocycles. The number of hydrogen-bond acceptors (Lipinski definition) is 4. The summed E-state index contributed by atoms with van der Waals surface area (Å²) in [6, 6.07) is 0. The Morgan fingerprint density at radius 3 is 2.90 bits per heavy atom. The molecule has 1 fully saturated rings. The van der Waals surface area contributed by atoms with E-state index in [4.69, 9.17) is 0 Å². The normalized spacial score (nSPS) is 21.5. The number of aliphatic hydroxyl groups excluding tert-OH is 1. The van der Waals surface area contributed by atoms with Crippen LogP contribution in [0.2, 0.25) is 0 Å². The molecule has 1 aliphatic rings. The van der Waals surface area contributed by atoms with E-state index in [1.165, 1.54) is 8.61 Å². The lowest BCUT2D eigenvalue weighted by atomic mass is 10.0. The lowest BCUT2D eigenvalue weighted by molar-refractivity contribution is 0.161. The molecule has 1 aliphatic heterocycles. The molecule has 0 radical (unpaired) electrons. The molecule has 0 saturated carbocycles. The summed E-state index contributed by atoms with van der Waals surface area (Å²) in [4.78, 5) is 4.14. The van der Waals surface area contributed by atoms with Crippen molar-refractivity contribution in [2.75, 3.05) is 26.7 Å². The van der Waals surface area contributed by atoms with Crippen molar-refractivity contribution in [3.8, 4) is 0 Å². The standard InChI is InChI=1S/C12H22N4O3S/c1-14-7-5-13-12(14)9-15(2)20(18,19)16-6-3-4-11(8-16)10-17/h5,7,11,17H,3-4,6,8-10H2,1-2H3. The molecule has 0 bridgehead atoms. The minimum atomic E-state index is -3.50. The Kier molecular flexibility index (Phi) is 4.79. The van der Waals surface area contributed by atoms with Crippen LogP contribution in [-0.2, 0) is 23.8 Å². The molecule has 1 saturated heterocycles. The van der Waals surface area contributed by atoms with Gasteiger partial charge in [-0.2, -0.15) is 17.0 Å². The largest absolute Gasteiger partial charge is 0.396 e. The topological polar surface area (TPSA) is 78.7 Å². The van der Waals surface area contributed by atoms with Crippen molar-refractivity contribution in [3.63, 3.8) is 0 Å². The number of aryl methyl sites for hydroxylation is 1. The molecule has 0 spiro atoms. The molecule has 0 amide bonds. The third-order valence-electron chi connectivity index (χ3n) is 3.75. The number of imidazole rings is 1. The maximum Gasteiger partial charge on any atom is 0.282 e. The Balaban J connectivity index is 2.07. The minimum absolute atomic E-state index is 0.0368. The van der Waals surface area contributed by atoms with Crippen molar-refractivity contribution in [3.05, 3.63) is 18.2 Å². The monoisotopic (exact) mass is 302 g/mol. The van der Waals surface area contributed by atoms with Gasteiger partial charge in [0.2, 0.25) is 0 Å². The molecule has 1 N–H and O–H groups in total. The lowest BCUT2D eigenvalue weighted by Gasteiger charge is -2.33. The van der Waals surface area contributed by atoms with Gasteiger partial charge in [-0.15, -0.1) is 0 Å². The first-order valence-corrected chi connectivity index (χ1v) is 8.13. The Hall–Kier alpha value is -0.960. The van der Waals surface area contributed by atoms with Crippen LogP contribution in [0, 0.1) is 5.92 Å². The van der Waals surface area contributed by atoms with Crippen molar-refractivity contribution >= 4 is 10.2 Å². The van der Waals surface area contributed by atoms with Gasteiger partial charge in [-0.1, -0.05) is 0 Å². The van der Waals surface area contributed by atoms with E-state index >= 15 is 0 Å². The lowest BCUT2D eigenvalue weighted by Crippen LogP contribution is -2.47. The van der Waals surface area contributed by atoms with E-state index in [0.29, 0.717) is 18.9 Å². The molecule has 2 rings (SSSR count). The van der Waals surface area contributed by atoms with Gasteiger partial charge in [-0.25, -0.2) is 4.98 Å². The molecule has 1 aromatic rings. The summed E-state index contributed by atoms with van der Waals surface area (Å²) in [6.07, 6.45) is 5.11. The first kappa shape index (κ1) is 15.4. The zero-order chi connectivity index (χ0) is 14.8. The molecule has 1 unspecified atom stereocenters. The van der Waals surface area contributed by atoms with E-state index in [0.717, 1.165) is 12.8 Å². The van der Waals surface area contributed by atoms with Gasteiger partial charge in [0.25, 0.3) is 10.2 Å². The molecule has 1 aromatic heterocycles. The first-order chi connectivity index (χ1) is 9.45. The maximum absolute atomic E-state index is 12.5. The van der Waals surface area contributed by atoms with Gasteiger partial charge in [0.1, 0.15) is 5.82 Å². The van der Waals surface area contributed by atoms with Crippen LogP contribution in [0.25, 0.3) is 0 Å². The SMILES string of the molecule is CN(Cc1nccn1C)S(=O)(=O)N1CCCC(CO)C1. The molecule has 7 nitrogen and oxygen atoms in total. The number of aromatic nitrogens is 2. The number of aliphatic hydroxyl groups is 1. The van der Waals surface area contributed by atoms with Crippen LogP contribution in [0.5, 0.6) is 0 Å². The summed E-state index contributed by atoms with van der Waals surface area (Å²) in [7, 11) is -0.0948. The smallest absolute Gasteiger partial charge is 0.282 e. The second kappa shape index (κ2) is 6.21. The fraction of sp³-hybridized carbons (Fsp3) is 0.750. The average molecular weight is 302 g/mol. The Bertz CT molecular complexity index is 543. The number of nitrogens with zero attached hydrogens (tertiary/aromatic N) is 4. The van der Waals surface area contributed by atoms with E-state index < -0.39 is 10.2 Å². The Morgan fingerprint density at radius 1 is 1.55 bits per heavy atom. The van der Waals surface area contributed by atoms with Crippen LogP contribution in [0.1, 0.15) is 18.7 Å². The van der Waals surface area contributed by atoms with E-state index in [2.05, 4.69) is 4.98 Å². The Morgan fingerprint density at radius 2 is 2.30 bits per heavy atom. The fourth-order valence-corrected chi connectivity index (χ4v) is 3.84. The van der Waals surface area contributed by atoms with Gasteiger partial charge in [0.05, 0.1) is 6.54 Å². The van der Waals surface area contributed by atoms with E-state index in [1.54, 1.807) is 24.0 Å². The van der Waals surface area contributed by atoms with Gasteiger partial charge < -0.3 is 9.67 Å². The van der Waals surface area contributed by atoms with Crippen molar-refractivity contribution < 1.29 is 13.5 Å². The third kappa shape index (κ3) is 3.20. The predicted molar refractivity (Wildman–Crippen MR) is 75.0 cm³/mol. The van der Waals surface area contributed by atoms with Crippen LogP contribution in [0.4, 0.5) is 0 Å². The highest BCUT2D eigenvalue weighted by Crippen LogP contribution is 2.20. The van der Waals surface area contributed by atoms with Crippen LogP contribution in [-0.4, -0.2) is 58.4 Å². The molecular weight excluding hydrogens is 280 g/mol. The van der Waals surface area contributed by atoms with Crippen molar-refractivity contribution in [2.24, 2.45) is 13.0 Å². The molecule has 8 heteroatoms. The zero-order valence-electron chi connectivity index (χ0n) is 11.9. The highest BCUT2D eigenvalue weighted by atomic mass is 32.2. The maximum atomic E-state index is 12.5. The van der Waals surface area contributed by atoms with Crippen LogP contribution in [0.15, 0.2) is 12.4 Å². The quantitative estimate of drug-likeness (QED) is 0.817. The van der Waals surface area contributed by atoms with Gasteiger partial charge in [-0.3, -0.25) is 0 Å². The van der Waals surface area contributed by atoms with E-state index in [-0.39, 0.29) is 19.1 Å². The van der Waals surface area contributed by atoms with Crippen molar-refractivity contribution in [1.29, 1.82) is 0 Å². The second-order valence-corrected chi connectivity index (χ2v) is 7.30. The molecule has 0 aromatic carbocycles. The summed E-state index contributed by atoms with van der Waals surface area (Å²) in [5.74, 6) is 0.742. The molecule has 20 heavy (non-hydrogen) atoms. The first-order valence-electron chi connectivity index (χ1n) is 6.73.